The molecule has 1 aliphatic rings. The Bertz CT molecular complexity index is 729. The number of hydrogen-bond acceptors (Lipinski definition) is 4. The van der Waals surface area contributed by atoms with Crippen molar-refractivity contribution in [3.63, 3.8) is 0 Å². The van der Waals surface area contributed by atoms with Crippen LogP contribution in [-0.2, 0) is 9.53 Å². The van der Waals surface area contributed by atoms with Crippen LogP contribution in [0.2, 0.25) is 5.02 Å². The maximum Gasteiger partial charge on any atom is 0.356 e. The van der Waals surface area contributed by atoms with Gasteiger partial charge in [0, 0.05) is 18.5 Å². The number of nitrogens with one attached hydrogen (secondary N) is 1. The summed E-state index contributed by atoms with van der Waals surface area (Å²) >= 11 is 6.11. The number of carbonyl (C=O) groups is 2. The summed E-state index contributed by atoms with van der Waals surface area (Å²) in [5.41, 5.74) is 1.58. The zero-order valence-electron chi connectivity index (χ0n) is 12.4. The molecule has 23 heavy (non-hydrogen) atoms. The first-order chi connectivity index (χ1) is 11.1. The standard InChI is InChI=1S/C16H16ClN3O3/c17-12-5-2-1-4-11(12)13-10-14(19-18-13)16(22)23-9-8-20-7-3-6-15(20)21/h1-2,4-5,10H,3,6-9H2,(H,18,19). The van der Waals surface area contributed by atoms with Crippen LogP contribution in [0.25, 0.3) is 11.3 Å². The van der Waals surface area contributed by atoms with Gasteiger partial charge in [0.05, 0.1) is 17.3 Å². The zero-order chi connectivity index (χ0) is 16.2. The second-order valence-electron chi connectivity index (χ2n) is 5.27. The summed E-state index contributed by atoms with van der Waals surface area (Å²) in [4.78, 5) is 25.2. The third kappa shape index (κ3) is 3.53. The van der Waals surface area contributed by atoms with Gasteiger partial charge in [-0.25, -0.2) is 4.79 Å². The normalized spacial score (nSPS) is 14.3. The number of aromatic amines is 1. The van der Waals surface area contributed by atoms with Crippen molar-refractivity contribution in [2.24, 2.45) is 0 Å². The molecule has 3 rings (SSSR count). The number of halogens is 1. The van der Waals surface area contributed by atoms with Gasteiger partial charge in [0.1, 0.15) is 12.3 Å². The van der Waals surface area contributed by atoms with E-state index in [1.165, 1.54) is 0 Å². The lowest BCUT2D eigenvalue weighted by atomic mass is 10.1. The first-order valence-electron chi connectivity index (χ1n) is 7.40. The summed E-state index contributed by atoms with van der Waals surface area (Å²) in [6.07, 6.45) is 1.45. The van der Waals surface area contributed by atoms with E-state index in [1.54, 1.807) is 17.0 Å². The molecule has 1 saturated heterocycles. The van der Waals surface area contributed by atoms with Crippen LogP contribution in [0.15, 0.2) is 30.3 Å². The maximum atomic E-state index is 12.0. The Balaban J connectivity index is 1.58. The van der Waals surface area contributed by atoms with E-state index >= 15 is 0 Å². The highest BCUT2D eigenvalue weighted by atomic mass is 35.5. The molecule has 0 aliphatic carbocycles. The van der Waals surface area contributed by atoms with Crippen LogP contribution in [0, 0.1) is 0 Å². The SMILES string of the molecule is O=C(OCCN1CCCC1=O)c1cc(-c2ccccc2Cl)n[nH]1. The van der Waals surface area contributed by atoms with Crippen molar-refractivity contribution in [2.45, 2.75) is 12.8 Å². The Morgan fingerprint density at radius 1 is 1.39 bits per heavy atom. The fraction of sp³-hybridized carbons (Fsp3) is 0.312. The predicted octanol–water partition coefficient (Wildman–Crippen LogP) is 2.51. The number of rotatable bonds is 5. The first-order valence-corrected chi connectivity index (χ1v) is 7.78. The molecule has 7 heteroatoms. The van der Waals surface area contributed by atoms with Crippen molar-refractivity contribution in [3.8, 4) is 11.3 Å². The number of nitrogens with zero attached hydrogens (tertiary/aromatic N) is 2. The molecule has 2 aromatic rings. The number of ether oxygens (including phenoxy) is 1. The zero-order valence-corrected chi connectivity index (χ0v) is 13.2. The Morgan fingerprint density at radius 3 is 2.96 bits per heavy atom. The lowest BCUT2D eigenvalue weighted by Crippen LogP contribution is -2.29. The Labute approximate surface area is 138 Å². The molecule has 0 radical (unpaired) electrons. The van der Waals surface area contributed by atoms with Crippen molar-refractivity contribution in [1.29, 1.82) is 0 Å². The molecule has 1 amide bonds. The number of hydrogen-bond donors (Lipinski definition) is 1. The molecular weight excluding hydrogens is 318 g/mol. The van der Waals surface area contributed by atoms with Crippen LogP contribution in [0.4, 0.5) is 0 Å². The van der Waals surface area contributed by atoms with E-state index in [1.807, 2.05) is 18.2 Å². The average Bonchev–Trinajstić information content (AvgIpc) is 3.17. The van der Waals surface area contributed by atoms with Gasteiger partial charge in [0.2, 0.25) is 5.91 Å². The minimum absolute atomic E-state index is 0.114. The minimum Gasteiger partial charge on any atom is -0.459 e. The molecule has 2 heterocycles. The number of benzene rings is 1. The molecule has 6 nitrogen and oxygen atoms in total. The van der Waals surface area contributed by atoms with Crippen molar-refractivity contribution >= 4 is 23.5 Å². The summed E-state index contributed by atoms with van der Waals surface area (Å²) in [5.74, 6) is -0.383. The second-order valence-corrected chi connectivity index (χ2v) is 5.67. The molecule has 120 valence electrons. The predicted molar refractivity (Wildman–Crippen MR) is 85.1 cm³/mol. The van der Waals surface area contributed by atoms with E-state index in [9.17, 15) is 9.59 Å². The third-order valence-electron chi connectivity index (χ3n) is 3.71. The van der Waals surface area contributed by atoms with E-state index in [4.69, 9.17) is 16.3 Å². The molecule has 0 unspecified atom stereocenters. The monoisotopic (exact) mass is 333 g/mol. The maximum absolute atomic E-state index is 12.0. The van der Waals surface area contributed by atoms with Gasteiger partial charge in [0.25, 0.3) is 0 Å². The fourth-order valence-electron chi connectivity index (χ4n) is 2.50. The highest BCUT2D eigenvalue weighted by Gasteiger charge is 2.20. The van der Waals surface area contributed by atoms with Crippen LogP contribution < -0.4 is 0 Å². The summed E-state index contributed by atoms with van der Waals surface area (Å²) in [6, 6.07) is 8.86. The molecule has 1 aromatic carbocycles. The quantitative estimate of drug-likeness (QED) is 0.853. The molecule has 0 bridgehead atoms. The van der Waals surface area contributed by atoms with Crippen LogP contribution in [0.1, 0.15) is 23.3 Å². The van der Waals surface area contributed by atoms with Crippen molar-refractivity contribution in [1.82, 2.24) is 15.1 Å². The van der Waals surface area contributed by atoms with E-state index in [2.05, 4.69) is 10.2 Å². The molecule has 0 saturated carbocycles. The van der Waals surface area contributed by atoms with Crippen LogP contribution in [0.5, 0.6) is 0 Å². The average molecular weight is 334 g/mol. The van der Waals surface area contributed by atoms with E-state index in [0.717, 1.165) is 18.5 Å². The molecular formula is C16H16ClN3O3. The van der Waals surface area contributed by atoms with Gasteiger partial charge in [-0.3, -0.25) is 9.89 Å². The van der Waals surface area contributed by atoms with Gasteiger partial charge in [-0.1, -0.05) is 29.8 Å². The lowest BCUT2D eigenvalue weighted by molar-refractivity contribution is -0.128. The number of esters is 1. The Morgan fingerprint density at radius 2 is 2.22 bits per heavy atom. The summed E-state index contributed by atoms with van der Waals surface area (Å²) in [5, 5.41) is 7.31. The topological polar surface area (TPSA) is 75.3 Å². The van der Waals surface area contributed by atoms with E-state index in [-0.39, 0.29) is 18.2 Å². The van der Waals surface area contributed by atoms with Gasteiger partial charge in [-0.05, 0) is 18.6 Å². The van der Waals surface area contributed by atoms with Gasteiger partial charge in [-0.15, -0.1) is 0 Å². The van der Waals surface area contributed by atoms with E-state index in [0.29, 0.717) is 23.7 Å². The fourth-order valence-corrected chi connectivity index (χ4v) is 2.73. The van der Waals surface area contributed by atoms with Gasteiger partial charge >= 0.3 is 5.97 Å². The summed E-state index contributed by atoms with van der Waals surface area (Å²) < 4.78 is 5.18. The molecule has 1 N–H and O–H groups in total. The smallest absolute Gasteiger partial charge is 0.356 e. The largest absolute Gasteiger partial charge is 0.459 e. The molecule has 0 atom stereocenters. The Kier molecular flexibility index (Phi) is 4.62. The summed E-state index contributed by atoms with van der Waals surface area (Å²) in [6.45, 7) is 1.33. The van der Waals surface area contributed by atoms with Gasteiger partial charge < -0.3 is 9.64 Å². The van der Waals surface area contributed by atoms with Crippen molar-refractivity contribution in [2.75, 3.05) is 19.7 Å². The number of amides is 1. The number of carbonyl (C=O) groups excluding carboxylic acids is 2. The number of aromatic nitrogens is 2. The third-order valence-corrected chi connectivity index (χ3v) is 4.04. The highest BCUT2D eigenvalue weighted by Crippen LogP contribution is 2.26. The second kappa shape index (κ2) is 6.83. The van der Waals surface area contributed by atoms with Crippen LogP contribution >= 0.6 is 11.6 Å². The van der Waals surface area contributed by atoms with E-state index < -0.39 is 5.97 Å². The van der Waals surface area contributed by atoms with Crippen LogP contribution in [-0.4, -0.2) is 46.7 Å². The van der Waals surface area contributed by atoms with Crippen molar-refractivity contribution in [3.05, 3.63) is 41.0 Å². The minimum atomic E-state index is -0.498. The molecule has 1 aliphatic heterocycles. The highest BCUT2D eigenvalue weighted by molar-refractivity contribution is 6.33. The molecule has 1 fully saturated rings. The number of H-pyrrole nitrogens is 1. The molecule has 0 spiro atoms. The first kappa shape index (κ1) is 15.6. The molecule has 1 aromatic heterocycles. The Hall–Kier alpha value is -2.34. The van der Waals surface area contributed by atoms with Gasteiger partial charge in [-0.2, -0.15) is 5.10 Å². The lowest BCUT2D eigenvalue weighted by Gasteiger charge is -2.14. The summed E-state index contributed by atoms with van der Waals surface area (Å²) in [7, 11) is 0. The van der Waals surface area contributed by atoms with Crippen LogP contribution in [0.3, 0.4) is 0 Å². The number of likely N-dealkylation sites (tertiary alicyclic amines) is 1. The van der Waals surface area contributed by atoms with Gasteiger partial charge in [0.15, 0.2) is 0 Å². The van der Waals surface area contributed by atoms with Crippen molar-refractivity contribution < 1.29 is 14.3 Å².